The fourth-order valence-corrected chi connectivity index (χ4v) is 5.24. The van der Waals surface area contributed by atoms with Gasteiger partial charge < -0.3 is 9.53 Å². The van der Waals surface area contributed by atoms with Gasteiger partial charge in [-0.2, -0.15) is 0 Å². The van der Waals surface area contributed by atoms with Crippen LogP contribution in [-0.4, -0.2) is 18.2 Å². The van der Waals surface area contributed by atoms with Crippen LogP contribution in [0.5, 0.6) is 5.75 Å². The largest absolute Gasteiger partial charge is 0.489 e. The molecule has 4 nitrogen and oxygen atoms in total. The van der Waals surface area contributed by atoms with Crippen molar-refractivity contribution < 1.29 is 14.3 Å². The van der Waals surface area contributed by atoms with Crippen molar-refractivity contribution in [3.05, 3.63) is 70.0 Å². The summed E-state index contributed by atoms with van der Waals surface area (Å²) < 4.78 is 6.29. The number of ketones is 1. The van der Waals surface area contributed by atoms with Gasteiger partial charge in [0.1, 0.15) is 18.1 Å². The molecule has 2 aromatic rings. The summed E-state index contributed by atoms with van der Waals surface area (Å²) in [6.07, 6.45) is 1.56. The second-order valence-corrected chi connectivity index (χ2v) is 9.52. The molecule has 0 aliphatic heterocycles. The molecule has 0 saturated heterocycles. The molecule has 1 aliphatic rings. The van der Waals surface area contributed by atoms with Crippen LogP contribution in [0, 0.1) is 23.3 Å². The minimum absolute atomic E-state index is 0.0902. The Hall–Kier alpha value is -2.64. The lowest BCUT2D eigenvalue weighted by atomic mass is 9.44. The molecule has 5 heteroatoms. The summed E-state index contributed by atoms with van der Waals surface area (Å²) >= 11 is 6.15. The molecule has 0 bridgehead atoms. The fourth-order valence-electron chi connectivity index (χ4n) is 5.03. The topological polar surface area (TPSA) is 47.7 Å². The van der Waals surface area contributed by atoms with E-state index in [0.717, 1.165) is 11.8 Å². The highest BCUT2D eigenvalue weighted by Crippen LogP contribution is 2.61. The van der Waals surface area contributed by atoms with Crippen molar-refractivity contribution in [2.45, 2.75) is 46.6 Å². The summed E-state index contributed by atoms with van der Waals surface area (Å²) in [7, 11) is 0. The Morgan fingerprint density at radius 3 is 2.30 bits per heavy atom. The molecule has 0 radical (unpaired) electrons. The number of hydrogen-bond donors (Lipinski definition) is 0. The fraction of sp³-hybridized carbons (Fsp3) is 0.400. The first kappa shape index (κ1) is 22.1. The highest BCUT2D eigenvalue weighted by molar-refractivity contribution is 6.33. The first-order chi connectivity index (χ1) is 14.1. The first-order valence-corrected chi connectivity index (χ1v) is 10.4. The SMILES string of the molecule is [C-]#[N+]c1ccc(OC2C(C)(C)C(CC(=O)c3ccc(CC=O)cc3)C2(C)C)cc1Cl. The number of carbonyl (C=O) groups is 2. The van der Waals surface area contributed by atoms with E-state index in [-0.39, 0.29) is 28.6 Å². The van der Waals surface area contributed by atoms with Crippen molar-refractivity contribution in [3.8, 4) is 5.75 Å². The van der Waals surface area contributed by atoms with Crippen LogP contribution < -0.4 is 4.74 Å². The van der Waals surface area contributed by atoms with Crippen LogP contribution in [0.4, 0.5) is 5.69 Å². The van der Waals surface area contributed by atoms with Gasteiger partial charge >= 0.3 is 0 Å². The van der Waals surface area contributed by atoms with E-state index >= 15 is 0 Å². The van der Waals surface area contributed by atoms with Gasteiger partial charge in [-0.25, -0.2) is 4.85 Å². The van der Waals surface area contributed by atoms with Crippen LogP contribution in [0.2, 0.25) is 5.02 Å². The molecular formula is C25H26ClNO3. The molecule has 1 aliphatic carbocycles. The maximum Gasteiger partial charge on any atom is 0.205 e. The first-order valence-electron chi connectivity index (χ1n) is 10.0. The van der Waals surface area contributed by atoms with Crippen LogP contribution in [0.15, 0.2) is 42.5 Å². The van der Waals surface area contributed by atoms with Gasteiger partial charge in [0.15, 0.2) is 5.78 Å². The van der Waals surface area contributed by atoms with Gasteiger partial charge in [-0.1, -0.05) is 69.6 Å². The highest BCUT2D eigenvalue weighted by Gasteiger charge is 2.63. The lowest BCUT2D eigenvalue weighted by Gasteiger charge is -2.63. The second-order valence-electron chi connectivity index (χ2n) is 9.11. The summed E-state index contributed by atoms with van der Waals surface area (Å²) in [6.45, 7) is 15.6. The highest BCUT2D eigenvalue weighted by atomic mass is 35.5. The predicted octanol–water partition coefficient (Wildman–Crippen LogP) is 6.33. The number of Topliss-reactive ketones (excluding diaryl/α,β-unsaturated/α-hetero) is 1. The minimum Gasteiger partial charge on any atom is -0.489 e. The standard InChI is InChI=1S/C25H26ClNO3/c1-24(2)22(15-21(29)17-8-6-16(7-9-17)12-13-28)25(3,4)23(24)30-18-10-11-20(27-5)19(26)14-18/h6-11,13-14,22-23H,12,15H2,1-4H3. The molecule has 1 fully saturated rings. The van der Waals surface area contributed by atoms with E-state index in [0.29, 0.717) is 34.9 Å². The monoisotopic (exact) mass is 423 g/mol. The minimum atomic E-state index is -0.207. The number of carbonyl (C=O) groups excluding carboxylic acids is 2. The average molecular weight is 424 g/mol. The van der Waals surface area contributed by atoms with Crippen LogP contribution in [0.3, 0.4) is 0 Å². The maximum absolute atomic E-state index is 12.9. The summed E-state index contributed by atoms with van der Waals surface area (Å²) in [5.74, 6) is 0.880. The lowest BCUT2D eigenvalue weighted by molar-refractivity contribution is -0.196. The molecule has 0 amide bonds. The second kappa shape index (κ2) is 8.24. The maximum atomic E-state index is 12.9. The number of ether oxygens (including phenoxy) is 1. The van der Waals surface area contributed by atoms with Gasteiger partial charge in [-0.3, -0.25) is 4.79 Å². The number of nitrogens with zero attached hydrogens (tertiary/aromatic N) is 1. The number of benzene rings is 2. The Labute approximate surface area is 183 Å². The van der Waals surface area contributed by atoms with E-state index in [1.165, 1.54) is 0 Å². The Morgan fingerprint density at radius 2 is 1.77 bits per heavy atom. The van der Waals surface area contributed by atoms with E-state index in [2.05, 4.69) is 32.5 Å². The van der Waals surface area contributed by atoms with E-state index in [1.54, 1.807) is 30.3 Å². The molecule has 30 heavy (non-hydrogen) atoms. The molecule has 156 valence electrons. The third kappa shape index (κ3) is 4.00. The van der Waals surface area contributed by atoms with Gasteiger partial charge in [0, 0.05) is 29.2 Å². The van der Waals surface area contributed by atoms with Crippen molar-refractivity contribution >= 4 is 29.4 Å². The third-order valence-corrected chi connectivity index (χ3v) is 6.73. The molecule has 2 aromatic carbocycles. The van der Waals surface area contributed by atoms with Gasteiger partial charge in [-0.05, 0) is 23.6 Å². The zero-order valence-electron chi connectivity index (χ0n) is 17.7. The van der Waals surface area contributed by atoms with Crippen molar-refractivity contribution in [1.29, 1.82) is 0 Å². The van der Waals surface area contributed by atoms with Gasteiger partial charge in [0.25, 0.3) is 0 Å². The van der Waals surface area contributed by atoms with Crippen molar-refractivity contribution in [2.24, 2.45) is 16.7 Å². The molecule has 3 rings (SSSR count). The predicted molar refractivity (Wildman–Crippen MR) is 118 cm³/mol. The smallest absolute Gasteiger partial charge is 0.205 e. The average Bonchev–Trinajstić information content (AvgIpc) is 2.70. The Morgan fingerprint density at radius 1 is 1.13 bits per heavy atom. The van der Waals surface area contributed by atoms with Gasteiger partial charge in [-0.15, -0.1) is 0 Å². The Bertz CT molecular complexity index is 986. The van der Waals surface area contributed by atoms with Gasteiger partial charge in [0.2, 0.25) is 5.69 Å². The molecule has 0 spiro atoms. The van der Waals surface area contributed by atoms with Crippen LogP contribution >= 0.6 is 11.6 Å². The number of aldehydes is 1. The lowest BCUT2D eigenvalue weighted by Crippen LogP contribution is -2.66. The van der Waals surface area contributed by atoms with E-state index in [1.807, 2.05) is 12.1 Å². The van der Waals surface area contributed by atoms with Crippen LogP contribution in [0.25, 0.3) is 4.85 Å². The van der Waals surface area contributed by atoms with E-state index in [9.17, 15) is 9.59 Å². The molecule has 1 saturated carbocycles. The normalized spacial score (nSPS) is 21.2. The summed E-state index contributed by atoms with van der Waals surface area (Å²) in [4.78, 5) is 26.9. The van der Waals surface area contributed by atoms with Crippen molar-refractivity contribution in [3.63, 3.8) is 0 Å². The van der Waals surface area contributed by atoms with Crippen molar-refractivity contribution in [1.82, 2.24) is 0 Å². The van der Waals surface area contributed by atoms with Crippen molar-refractivity contribution in [2.75, 3.05) is 0 Å². The van der Waals surface area contributed by atoms with Crippen LogP contribution in [0.1, 0.15) is 50.0 Å². The third-order valence-electron chi connectivity index (χ3n) is 6.43. The number of halogens is 1. The molecule has 0 unspecified atom stereocenters. The Balaban J connectivity index is 1.73. The zero-order chi connectivity index (χ0) is 22.1. The van der Waals surface area contributed by atoms with E-state index in [4.69, 9.17) is 22.9 Å². The molecule has 0 atom stereocenters. The molecule has 0 aromatic heterocycles. The van der Waals surface area contributed by atoms with Crippen LogP contribution in [-0.2, 0) is 11.2 Å². The molecule has 0 heterocycles. The van der Waals surface area contributed by atoms with E-state index < -0.39 is 0 Å². The quantitative estimate of drug-likeness (QED) is 0.297. The summed E-state index contributed by atoms with van der Waals surface area (Å²) in [6, 6.07) is 12.4. The number of rotatable bonds is 7. The zero-order valence-corrected chi connectivity index (χ0v) is 18.5. The molecular weight excluding hydrogens is 398 g/mol. The number of hydrogen-bond acceptors (Lipinski definition) is 3. The Kier molecular flexibility index (Phi) is 6.06. The summed E-state index contributed by atoms with van der Waals surface area (Å²) in [5, 5.41) is 0.377. The summed E-state index contributed by atoms with van der Waals surface area (Å²) in [5.41, 5.74) is 1.56. The van der Waals surface area contributed by atoms with Gasteiger partial charge in [0.05, 0.1) is 11.6 Å². The molecule has 0 N–H and O–H groups in total.